The van der Waals surface area contributed by atoms with Crippen molar-refractivity contribution in [1.82, 2.24) is 9.97 Å². The summed E-state index contributed by atoms with van der Waals surface area (Å²) in [5, 5.41) is 1.52. The van der Waals surface area contributed by atoms with Crippen LogP contribution in [0.15, 0.2) is 18.2 Å². The Kier molecular flexibility index (Phi) is 2.10. The summed E-state index contributed by atoms with van der Waals surface area (Å²) in [6, 6.07) is 0. The maximum atomic E-state index is 13.0. The van der Waals surface area contributed by atoms with Crippen molar-refractivity contribution in [1.29, 1.82) is 0 Å². The van der Waals surface area contributed by atoms with E-state index in [1.54, 1.807) is 0 Å². The van der Waals surface area contributed by atoms with Gasteiger partial charge in [0.25, 0.3) is 0 Å². The molecule has 0 aromatic carbocycles. The Morgan fingerprint density at radius 3 is 3.00 bits per heavy atom. The van der Waals surface area contributed by atoms with E-state index >= 15 is 0 Å². The van der Waals surface area contributed by atoms with Crippen LogP contribution in [0.2, 0.25) is 5.15 Å². The Hall–Kier alpha value is -1.22. The van der Waals surface area contributed by atoms with Gasteiger partial charge in [-0.1, -0.05) is 17.7 Å². The molecule has 13 heavy (non-hydrogen) atoms. The molecule has 0 bridgehead atoms. The van der Waals surface area contributed by atoms with E-state index in [2.05, 4.69) is 9.97 Å². The molecule has 0 amide bonds. The Bertz CT molecular complexity index is 479. The predicted octanol–water partition coefficient (Wildman–Crippen LogP) is 0.948. The van der Waals surface area contributed by atoms with Gasteiger partial charge in [-0.25, -0.2) is 14.4 Å². The minimum Gasteiger partial charge on any atom is -0.237 e. The number of allylic oxidation sites excluding steroid dienone is 2. The summed E-state index contributed by atoms with van der Waals surface area (Å²) in [6.07, 6.45) is 6.53. The van der Waals surface area contributed by atoms with Crippen LogP contribution in [0.3, 0.4) is 0 Å². The fourth-order valence-electron chi connectivity index (χ4n) is 1.16. The van der Waals surface area contributed by atoms with E-state index < -0.39 is 0 Å². The van der Waals surface area contributed by atoms with Crippen LogP contribution in [0.5, 0.6) is 0 Å². The first-order valence-electron chi connectivity index (χ1n) is 3.81. The third-order valence-corrected chi connectivity index (χ3v) is 2.07. The standard InChI is InChI=1S/C9H6ClFN2/c10-9-7-4-6(11)2-1-3-8(7)12-5-13-9/h2-5H,1H2. The average molecular weight is 197 g/mol. The van der Waals surface area contributed by atoms with E-state index in [4.69, 9.17) is 11.6 Å². The molecule has 0 radical (unpaired) electrons. The largest absolute Gasteiger partial charge is 0.237 e. The van der Waals surface area contributed by atoms with Crippen LogP contribution in [0.1, 0.15) is 6.42 Å². The summed E-state index contributed by atoms with van der Waals surface area (Å²) < 4.78 is 13.0. The molecule has 0 unspecified atom stereocenters. The van der Waals surface area contributed by atoms with Crippen LogP contribution in [-0.4, -0.2) is 9.97 Å². The van der Waals surface area contributed by atoms with Crippen molar-refractivity contribution < 1.29 is 4.39 Å². The molecule has 0 aliphatic heterocycles. The predicted molar refractivity (Wildman–Crippen MR) is 49.0 cm³/mol. The quantitative estimate of drug-likeness (QED) is 0.578. The zero-order valence-electron chi connectivity index (χ0n) is 6.67. The fourth-order valence-corrected chi connectivity index (χ4v) is 1.36. The summed E-state index contributed by atoms with van der Waals surface area (Å²) in [6.45, 7) is 0. The van der Waals surface area contributed by atoms with Gasteiger partial charge in [0.15, 0.2) is 0 Å². The van der Waals surface area contributed by atoms with Crippen molar-refractivity contribution in [3.05, 3.63) is 34.0 Å². The van der Waals surface area contributed by atoms with Crippen molar-refractivity contribution in [2.45, 2.75) is 6.42 Å². The maximum absolute atomic E-state index is 13.0. The molecule has 0 saturated carbocycles. The van der Waals surface area contributed by atoms with Gasteiger partial charge in [0, 0.05) is 5.22 Å². The van der Waals surface area contributed by atoms with Gasteiger partial charge in [-0.3, -0.25) is 0 Å². The summed E-state index contributed by atoms with van der Waals surface area (Å²) in [5.74, 6) is -0.299. The molecule has 0 N–H and O–H groups in total. The van der Waals surface area contributed by atoms with Gasteiger partial charge in [-0.05, 0) is 18.6 Å². The Labute approximate surface area is 79.1 Å². The Balaban J connectivity index is 2.84. The molecule has 4 heteroatoms. The molecule has 1 aromatic heterocycles. The van der Waals surface area contributed by atoms with Crippen LogP contribution in [0.25, 0.3) is 12.2 Å². The number of rotatable bonds is 0. The lowest BCUT2D eigenvalue weighted by Gasteiger charge is -1.90. The molecule has 0 fully saturated rings. The molecule has 1 aliphatic rings. The third-order valence-electron chi connectivity index (χ3n) is 1.77. The van der Waals surface area contributed by atoms with E-state index in [1.807, 2.05) is 6.08 Å². The van der Waals surface area contributed by atoms with E-state index in [0.717, 1.165) is 0 Å². The molecule has 1 aromatic rings. The average Bonchev–Trinajstić information content (AvgIpc) is 2.28. The first kappa shape index (κ1) is 8.38. The van der Waals surface area contributed by atoms with Gasteiger partial charge < -0.3 is 0 Å². The van der Waals surface area contributed by atoms with Crippen molar-refractivity contribution in [2.75, 3.05) is 0 Å². The van der Waals surface area contributed by atoms with Crippen LogP contribution in [0.4, 0.5) is 4.39 Å². The van der Waals surface area contributed by atoms with Crippen molar-refractivity contribution in [3.8, 4) is 0 Å². The second kappa shape index (κ2) is 3.26. The topological polar surface area (TPSA) is 25.8 Å². The number of hydrogen-bond donors (Lipinski definition) is 0. The van der Waals surface area contributed by atoms with E-state index in [9.17, 15) is 4.39 Å². The zero-order valence-corrected chi connectivity index (χ0v) is 7.42. The molecular formula is C9H6ClFN2. The van der Waals surface area contributed by atoms with Crippen molar-refractivity contribution >= 4 is 23.8 Å². The van der Waals surface area contributed by atoms with Gasteiger partial charge in [0.1, 0.15) is 17.3 Å². The first-order valence-corrected chi connectivity index (χ1v) is 4.19. The van der Waals surface area contributed by atoms with Gasteiger partial charge >= 0.3 is 0 Å². The molecule has 1 aliphatic carbocycles. The summed E-state index contributed by atoms with van der Waals surface area (Å²) in [5.41, 5.74) is 0. The monoisotopic (exact) mass is 196 g/mol. The minimum atomic E-state index is -0.299. The number of halogens is 2. The number of aromatic nitrogens is 2. The molecule has 2 nitrogen and oxygen atoms in total. The normalized spacial score (nSPS) is 14.8. The van der Waals surface area contributed by atoms with Crippen LogP contribution < -0.4 is 10.6 Å². The van der Waals surface area contributed by atoms with Crippen molar-refractivity contribution in [2.24, 2.45) is 0 Å². The van der Waals surface area contributed by atoms with E-state index in [1.165, 1.54) is 18.5 Å². The zero-order chi connectivity index (χ0) is 9.26. The second-order valence-corrected chi connectivity index (χ2v) is 2.99. The fraction of sp³-hybridized carbons (Fsp3) is 0.111. The Morgan fingerprint density at radius 1 is 1.31 bits per heavy atom. The molecular weight excluding hydrogens is 191 g/mol. The number of hydrogen-bond acceptors (Lipinski definition) is 2. The lowest BCUT2D eigenvalue weighted by atomic mass is 10.3. The highest BCUT2D eigenvalue weighted by Gasteiger charge is 1.99. The van der Waals surface area contributed by atoms with Crippen molar-refractivity contribution in [3.63, 3.8) is 0 Å². The van der Waals surface area contributed by atoms with Crippen LogP contribution in [0, 0.1) is 0 Å². The lowest BCUT2D eigenvalue weighted by molar-refractivity contribution is 0.676. The molecule has 0 spiro atoms. The lowest BCUT2D eigenvalue weighted by Crippen LogP contribution is -2.29. The van der Waals surface area contributed by atoms with Crippen LogP contribution in [-0.2, 0) is 0 Å². The first-order chi connectivity index (χ1) is 6.27. The van der Waals surface area contributed by atoms with E-state index in [0.29, 0.717) is 17.0 Å². The highest BCUT2D eigenvalue weighted by Crippen LogP contribution is 2.03. The summed E-state index contributed by atoms with van der Waals surface area (Å²) >= 11 is 5.78. The SMILES string of the molecule is FC1=CCC=c2ncnc(Cl)c2=C1. The molecule has 2 rings (SSSR count). The minimum absolute atomic E-state index is 0.284. The van der Waals surface area contributed by atoms with Gasteiger partial charge in [-0.15, -0.1) is 0 Å². The van der Waals surface area contributed by atoms with E-state index in [-0.39, 0.29) is 11.0 Å². The molecule has 1 heterocycles. The van der Waals surface area contributed by atoms with Gasteiger partial charge in [0.2, 0.25) is 0 Å². The van der Waals surface area contributed by atoms with Gasteiger partial charge in [-0.2, -0.15) is 0 Å². The molecule has 0 atom stereocenters. The summed E-state index contributed by atoms with van der Waals surface area (Å²) in [7, 11) is 0. The van der Waals surface area contributed by atoms with Gasteiger partial charge in [0.05, 0.1) is 5.35 Å². The maximum Gasteiger partial charge on any atom is 0.140 e. The molecule has 66 valence electrons. The third kappa shape index (κ3) is 1.60. The number of nitrogens with zero attached hydrogens (tertiary/aromatic N) is 2. The molecule has 0 saturated heterocycles. The summed E-state index contributed by atoms with van der Waals surface area (Å²) in [4.78, 5) is 7.77. The highest BCUT2D eigenvalue weighted by molar-refractivity contribution is 6.29. The van der Waals surface area contributed by atoms with Crippen LogP contribution >= 0.6 is 11.6 Å². The highest BCUT2D eigenvalue weighted by atomic mass is 35.5. The number of fused-ring (bicyclic) bond motifs is 1. The Morgan fingerprint density at radius 2 is 2.15 bits per heavy atom. The second-order valence-electron chi connectivity index (χ2n) is 2.64. The smallest absolute Gasteiger partial charge is 0.140 e.